The molecule has 0 saturated carbocycles. The van der Waals surface area contributed by atoms with Crippen LogP contribution in [0.1, 0.15) is 24.8 Å². The van der Waals surface area contributed by atoms with Gasteiger partial charge in [-0.2, -0.15) is 0 Å². The Hall–Kier alpha value is -1.57. The van der Waals surface area contributed by atoms with Gasteiger partial charge in [-0.3, -0.25) is 9.59 Å². The van der Waals surface area contributed by atoms with Crippen molar-refractivity contribution in [2.24, 2.45) is 0 Å². The number of carbonyl (C=O) groups excluding carboxylic acids is 2. The molecule has 1 aromatic rings. The average Bonchev–Trinajstić information content (AvgIpc) is 3.04. The summed E-state index contributed by atoms with van der Waals surface area (Å²) in [5, 5.41) is 2.80. The summed E-state index contributed by atoms with van der Waals surface area (Å²) in [6.07, 6.45) is 3.05. The number of anilines is 1. The standard InChI is InChI=1S/C19H24N2O4S/c22-17(21-9-7-19(8-10-21)24-11-12-25-19)13-26-16-6-5-14-3-1-2-4-15(14)20-18(16)23/h1-4,16H,5-13H2,(H,20,23)/t16-/m1/s1. The number of likely N-dealkylation sites (tertiary alicyclic amines) is 1. The minimum atomic E-state index is -0.461. The van der Waals surface area contributed by atoms with Crippen LogP contribution >= 0.6 is 11.8 Å². The zero-order valence-electron chi connectivity index (χ0n) is 14.7. The van der Waals surface area contributed by atoms with Gasteiger partial charge in [0, 0.05) is 31.6 Å². The van der Waals surface area contributed by atoms with Gasteiger partial charge in [0.1, 0.15) is 0 Å². The maximum atomic E-state index is 12.5. The van der Waals surface area contributed by atoms with Crippen molar-refractivity contribution in [1.29, 1.82) is 0 Å². The Balaban J connectivity index is 1.28. The number of hydrogen-bond acceptors (Lipinski definition) is 5. The lowest BCUT2D eigenvalue weighted by atomic mass is 10.0. The molecular formula is C19H24N2O4S. The summed E-state index contributed by atoms with van der Waals surface area (Å²) in [7, 11) is 0. The van der Waals surface area contributed by atoms with E-state index in [-0.39, 0.29) is 17.1 Å². The number of para-hydroxylation sites is 1. The summed E-state index contributed by atoms with van der Waals surface area (Å²) in [5.41, 5.74) is 2.05. The molecule has 3 aliphatic heterocycles. The molecule has 0 aliphatic carbocycles. The predicted octanol–water partition coefficient (Wildman–Crippen LogP) is 2.04. The second-order valence-electron chi connectivity index (χ2n) is 6.97. The Labute approximate surface area is 157 Å². The van der Waals surface area contributed by atoms with Gasteiger partial charge < -0.3 is 19.7 Å². The monoisotopic (exact) mass is 376 g/mol. The fourth-order valence-corrected chi connectivity index (χ4v) is 4.82. The average molecular weight is 376 g/mol. The topological polar surface area (TPSA) is 67.9 Å². The number of nitrogens with zero attached hydrogens (tertiary/aromatic N) is 1. The molecule has 2 saturated heterocycles. The molecule has 6 nitrogen and oxygen atoms in total. The largest absolute Gasteiger partial charge is 0.347 e. The molecule has 1 atom stereocenters. The van der Waals surface area contributed by atoms with E-state index in [0.29, 0.717) is 32.1 Å². The molecule has 1 N–H and O–H groups in total. The van der Waals surface area contributed by atoms with E-state index in [4.69, 9.17) is 9.47 Å². The van der Waals surface area contributed by atoms with Gasteiger partial charge in [-0.1, -0.05) is 18.2 Å². The molecule has 1 spiro atoms. The van der Waals surface area contributed by atoms with Crippen molar-refractivity contribution in [3.63, 3.8) is 0 Å². The second kappa shape index (κ2) is 7.58. The van der Waals surface area contributed by atoms with E-state index in [1.54, 1.807) is 0 Å². The van der Waals surface area contributed by atoms with Crippen LogP contribution in [-0.4, -0.2) is 59.8 Å². The van der Waals surface area contributed by atoms with Crippen LogP contribution in [0.5, 0.6) is 0 Å². The minimum Gasteiger partial charge on any atom is -0.347 e. The Morgan fingerprint density at radius 1 is 1.23 bits per heavy atom. The third-order valence-corrected chi connectivity index (χ3v) is 6.61. The van der Waals surface area contributed by atoms with Crippen molar-refractivity contribution in [3.8, 4) is 0 Å². The Kier molecular flexibility index (Phi) is 5.20. The first-order valence-electron chi connectivity index (χ1n) is 9.21. The van der Waals surface area contributed by atoms with Gasteiger partial charge in [0.25, 0.3) is 0 Å². The molecule has 2 fully saturated rings. The third-order valence-electron chi connectivity index (χ3n) is 5.34. The van der Waals surface area contributed by atoms with Crippen molar-refractivity contribution in [2.45, 2.75) is 36.7 Å². The van der Waals surface area contributed by atoms with Crippen molar-refractivity contribution < 1.29 is 19.1 Å². The number of fused-ring (bicyclic) bond motifs is 1. The number of thioether (sulfide) groups is 1. The molecule has 1 aromatic carbocycles. The number of hydrogen-bond donors (Lipinski definition) is 1. The van der Waals surface area contributed by atoms with Crippen LogP contribution in [-0.2, 0) is 25.5 Å². The lowest BCUT2D eigenvalue weighted by molar-refractivity contribution is -0.186. The first kappa shape index (κ1) is 17.8. The van der Waals surface area contributed by atoms with Crippen LogP contribution < -0.4 is 5.32 Å². The van der Waals surface area contributed by atoms with Gasteiger partial charge >= 0.3 is 0 Å². The Morgan fingerprint density at radius 2 is 1.96 bits per heavy atom. The maximum Gasteiger partial charge on any atom is 0.237 e. The highest BCUT2D eigenvalue weighted by atomic mass is 32.2. The smallest absolute Gasteiger partial charge is 0.237 e. The molecule has 3 aliphatic rings. The minimum absolute atomic E-state index is 0.00176. The zero-order valence-corrected chi connectivity index (χ0v) is 15.6. The quantitative estimate of drug-likeness (QED) is 0.874. The highest BCUT2D eigenvalue weighted by Crippen LogP contribution is 2.32. The number of nitrogens with one attached hydrogen (secondary N) is 1. The van der Waals surface area contributed by atoms with Crippen LogP contribution in [0.4, 0.5) is 5.69 Å². The van der Waals surface area contributed by atoms with E-state index in [1.165, 1.54) is 11.8 Å². The molecule has 0 radical (unpaired) electrons. The molecule has 4 rings (SSSR count). The van der Waals surface area contributed by atoms with Gasteiger partial charge in [0.05, 0.1) is 24.2 Å². The summed E-state index contributed by atoms with van der Waals surface area (Å²) in [5.74, 6) is -0.0319. The number of ether oxygens (including phenoxy) is 2. The third kappa shape index (κ3) is 3.75. The number of carbonyl (C=O) groups is 2. The van der Waals surface area contributed by atoms with E-state index in [9.17, 15) is 9.59 Å². The molecular weight excluding hydrogens is 352 g/mol. The molecule has 3 heterocycles. The summed E-state index contributed by atoms with van der Waals surface area (Å²) in [4.78, 5) is 26.9. The van der Waals surface area contributed by atoms with Crippen LogP contribution in [0.15, 0.2) is 24.3 Å². The number of rotatable bonds is 3. The molecule has 26 heavy (non-hydrogen) atoms. The van der Waals surface area contributed by atoms with Gasteiger partial charge in [0.15, 0.2) is 5.79 Å². The molecule has 7 heteroatoms. The number of piperidine rings is 1. The van der Waals surface area contributed by atoms with E-state index in [1.807, 2.05) is 29.2 Å². The van der Waals surface area contributed by atoms with Gasteiger partial charge in [-0.05, 0) is 24.5 Å². The first-order chi connectivity index (χ1) is 12.7. The number of benzene rings is 1. The molecule has 140 valence electrons. The summed E-state index contributed by atoms with van der Waals surface area (Å²) in [6.45, 7) is 2.59. The van der Waals surface area contributed by atoms with E-state index in [2.05, 4.69) is 5.32 Å². The molecule has 0 unspecified atom stereocenters. The number of aryl methyl sites for hydroxylation is 1. The number of amides is 2. The fourth-order valence-electron chi connectivity index (χ4n) is 3.80. The van der Waals surface area contributed by atoms with Crippen LogP contribution in [0.3, 0.4) is 0 Å². The van der Waals surface area contributed by atoms with E-state index < -0.39 is 5.79 Å². The molecule has 0 bridgehead atoms. The molecule has 2 amide bonds. The highest BCUT2D eigenvalue weighted by molar-refractivity contribution is 8.01. The van der Waals surface area contributed by atoms with Crippen molar-refractivity contribution in [2.75, 3.05) is 37.4 Å². The normalized spacial score (nSPS) is 24.8. The Bertz CT molecular complexity index is 680. The highest BCUT2D eigenvalue weighted by Gasteiger charge is 2.40. The van der Waals surface area contributed by atoms with Crippen LogP contribution in [0.25, 0.3) is 0 Å². The SMILES string of the molecule is O=C1Nc2ccccc2CC[C@H]1SCC(=O)N1CCC2(CC1)OCCO2. The lowest BCUT2D eigenvalue weighted by Crippen LogP contribution is -2.48. The fraction of sp³-hybridized carbons (Fsp3) is 0.579. The summed E-state index contributed by atoms with van der Waals surface area (Å²) in [6, 6.07) is 7.90. The van der Waals surface area contributed by atoms with Crippen molar-refractivity contribution in [3.05, 3.63) is 29.8 Å². The van der Waals surface area contributed by atoms with Gasteiger partial charge in [-0.15, -0.1) is 11.8 Å². The first-order valence-corrected chi connectivity index (χ1v) is 10.3. The van der Waals surface area contributed by atoms with Crippen molar-refractivity contribution in [1.82, 2.24) is 4.90 Å². The zero-order chi connectivity index (χ0) is 18.0. The van der Waals surface area contributed by atoms with E-state index in [0.717, 1.165) is 36.9 Å². The van der Waals surface area contributed by atoms with Crippen LogP contribution in [0, 0.1) is 0 Å². The predicted molar refractivity (Wildman–Crippen MR) is 100 cm³/mol. The van der Waals surface area contributed by atoms with E-state index >= 15 is 0 Å². The Morgan fingerprint density at radius 3 is 2.73 bits per heavy atom. The van der Waals surface area contributed by atoms with Crippen molar-refractivity contribution >= 4 is 29.3 Å². The summed E-state index contributed by atoms with van der Waals surface area (Å²) >= 11 is 1.45. The molecule has 0 aromatic heterocycles. The lowest BCUT2D eigenvalue weighted by Gasteiger charge is -2.37. The van der Waals surface area contributed by atoms with Crippen LogP contribution in [0.2, 0.25) is 0 Å². The van der Waals surface area contributed by atoms with Gasteiger partial charge in [-0.25, -0.2) is 0 Å². The van der Waals surface area contributed by atoms with Gasteiger partial charge in [0.2, 0.25) is 11.8 Å². The second-order valence-corrected chi connectivity index (χ2v) is 8.16. The maximum absolute atomic E-state index is 12.5. The summed E-state index contributed by atoms with van der Waals surface area (Å²) < 4.78 is 11.4.